The maximum absolute atomic E-state index is 14.2. The Kier molecular flexibility index (Phi) is 4.50. The molecule has 0 heterocycles. The molecule has 1 aliphatic rings. The van der Waals surface area contributed by atoms with Crippen LogP contribution in [-0.2, 0) is 5.60 Å². The summed E-state index contributed by atoms with van der Waals surface area (Å²) < 4.78 is 14.2. The number of aliphatic hydroxyl groups is 1. The number of hydrogen-bond donors (Lipinski definition) is 2. The third-order valence-electron chi connectivity index (χ3n) is 5.39. The monoisotopic (exact) mass is 279 g/mol. The standard InChI is InChI=1S/C17H26FNO/c1-3-13-9-10-16(11-13,12-19)17(20,4-2)14-7-5-6-8-15(14)18/h5-8,13,20H,3-4,9-12,19H2,1-2H3. The second-order valence-electron chi connectivity index (χ2n) is 6.20. The van der Waals surface area contributed by atoms with Crippen LogP contribution in [0.4, 0.5) is 4.39 Å². The van der Waals surface area contributed by atoms with Crippen molar-refractivity contribution in [1.82, 2.24) is 0 Å². The fraction of sp³-hybridized carbons (Fsp3) is 0.647. The van der Waals surface area contributed by atoms with Crippen molar-refractivity contribution >= 4 is 0 Å². The van der Waals surface area contributed by atoms with Crippen LogP contribution in [-0.4, -0.2) is 11.7 Å². The van der Waals surface area contributed by atoms with E-state index in [2.05, 4.69) is 6.92 Å². The van der Waals surface area contributed by atoms with Crippen LogP contribution in [0.2, 0.25) is 0 Å². The summed E-state index contributed by atoms with van der Waals surface area (Å²) in [6.07, 6.45) is 4.42. The number of benzene rings is 1. The first-order valence-corrected chi connectivity index (χ1v) is 7.70. The normalized spacial score (nSPS) is 29.4. The van der Waals surface area contributed by atoms with Gasteiger partial charge in [0.05, 0.1) is 5.60 Å². The molecule has 20 heavy (non-hydrogen) atoms. The molecule has 0 aromatic heterocycles. The van der Waals surface area contributed by atoms with Gasteiger partial charge in [0.25, 0.3) is 0 Å². The third kappa shape index (κ3) is 2.27. The zero-order valence-electron chi connectivity index (χ0n) is 12.5. The molecule has 3 unspecified atom stereocenters. The zero-order chi connectivity index (χ0) is 14.8. The molecule has 1 aromatic carbocycles. The van der Waals surface area contributed by atoms with Gasteiger partial charge in [0.1, 0.15) is 5.82 Å². The Morgan fingerprint density at radius 2 is 2.10 bits per heavy atom. The van der Waals surface area contributed by atoms with Crippen molar-refractivity contribution in [1.29, 1.82) is 0 Å². The SMILES string of the molecule is CCC1CCC(CN)(C(O)(CC)c2ccccc2F)C1. The first-order chi connectivity index (χ1) is 9.53. The van der Waals surface area contributed by atoms with E-state index in [1.165, 1.54) is 6.07 Å². The van der Waals surface area contributed by atoms with E-state index in [1.807, 2.05) is 6.92 Å². The van der Waals surface area contributed by atoms with Crippen LogP contribution in [0.5, 0.6) is 0 Å². The van der Waals surface area contributed by atoms with Crippen LogP contribution in [0.1, 0.15) is 51.5 Å². The van der Waals surface area contributed by atoms with Gasteiger partial charge in [0, 0.05) is 17.5 Å². The fourth-order valence-electron chi connectivity index (χ4n) is 3.96. The van der Waals surface area contributed by atoms with E-state index >= 15 is 0 Å². The zero-order valence-corrected chi connectivity index (χ0v) is 12.5. The maximum Gasteiger partial charge on any atom is 0.129 e. The van der Waals surface area contributed by atoms with Crippen LogP contribution < -0.4 is 5.73 Å². The summed E-state index contributed by atoms with van der Waals surface area (Å²) in [4.78, 5) is 0. The molecular formula is C17H26FNO. The lowest BCUT2D eigenvalue weighted by Crippen LogP contribution is -2.49. The fourth-order valence-corrected chi connectivity index (χ4v) is 3.96. The van der Waals surface area contributed by atoms with Crippen molar-refractivity contribution in [2.75, 3.05) is 6.54 Å². The minimum Gasteiger partial charge on any atom is -0.384 e. The van der Waals surface area contributed by atoms with Gasteiger partial charge < -0.3 is 10.8 Å². The number of hydrogen-bond acceptors (Lipinski definition) is 2. The van der Waals surface area contributed by atoms with Crippen LogP contribution in [0.25, 0.3) is 0 Å². The van der Waals surface area contributed by atoms with Gasteiger partial charge in [-0.15, -0.1) is 0 Å². The third-order valence-corrected chi connectivity index (χ3v) is 5.39. The van der Waals surface area contributed by atoms with E-state index < -0.39 is 11.0 Å². The molecule has 0 radical (unpaired) electrons. The van der Waals surface area contributed by atoms with Crippen LogP contribution in [0.3, 0.4) is 0 Å². The largest absolute Gasteiger partial charge is 0.384 e. The van der Waals surface area contributed by atoms with Gasteiger partial charge in [-0.05, 0) is 37.7 Å². The Morgan fingerprint density at radius 1 is 1.40 bits per heavy atom. The lowest BCUT2D eigenvalue weighted by Gasteiger charge is -2.45. The second kappa shape index (κ2) is 5.82. The number of halogens is 1. The van der Waals surface area contributed by atoms with Crippen molar-refractivity contribution in [2.24, 2.45) is 17.1 Å². The number of nitrogens with two attached hydrogens (primary N) is 1. The Morgan fingerprint density at radius 3 is 2.60 bits per heavy atom. The summed E-state index contributed by atoms with van der Waals surface area (Å²) >= 11 is 0. The average molecular weight is 279 g/mol. The lowest BCUT2D eigenvalue weighted by molar-refractivity contribution is -0.0926. The summed E-state index contributed by atoms with van der Waals surface area (Å²) in [5.74, 6) is 0.257. The highest BCUT2D eigenvalue weighted by atomic mass is 19.1. The van der Waals surface area contributed by atoms with Crippen LogP contribution in [0, 0.1) is 17.2 Å². The van der Waals surface area contributed by atoms with Gasteiger partial charge in [-0.2, -0.15) is 0 Å². The van der Waals surface area contributed by atoms with E-state index in [0.29, 0.717) is 24.4 Å². The van der Waals surface area contributed by atoms with Gasteiger partial charge >= 0.3 is 0 Å². The van der Waals surface area contributed by atoms with E-state index in [9.17, 15) is 9.50 Å². The van der Waals surface area contributed by atoms with E-state index in [0.717, 1.165) is 25.7 Å². The molecule has 1 aromatic rings. The summed E-state index contributed by atoms with van der Waals surface area (Å²) in [7, 11) is 0. The molecule has 3 heteroatoms. The molecule has 3 atom stereocenters. The van der Waals surface area contributed by atoms with E-state index in [1.54, 1.807) is 18.2 Å². The predicted octanol–water partition coefficient (Wildman–Crippen LogP) is 3.58. The molecule has 1 fully saturated rings. The molecule has 112 valence electrons. The predicted molar refractivity (Wildman–Crippen MR) is 79.7 cm³/mol. The molecular weight excluding hydrogens is 253 g/mol. The maximum atomic E-state index is 14.2. The van der Waals surface area contributed by atoms with Gasteiger partial charge in [-0.1, -0.05) is 38.5 Å². The summed E-state index contributed by atoms with van der Waals surface area (Å²) in [5, 5.41) is 11.3. The summed E-state index contributed by atoms with van der Waals surface area (Å²) in [6.45, 7) is 4.50. The smallest absolute Gasteiger partial charge is 0.129 e. The molecule has 2 rings (SSSR count). The van der Waals surface area contributed by atoms with Crippen molar-refractivity contribution in [3.8, 4) is 0 Å². The van der Waals surface area contributed by atoms with Crippen molar-refractivity contribution < 1.29 is 9.50 Å². The van der Waals surface area contributed by atoms with Gasteiger partial charge in [-0.3, -0.25) is 0 Å². The van der Waals surface area contributed by atoms with Gasteiger partial charge in [-0.25, -0.2) is 4.39 Å². The Hall–Kier alpha value is -0.930. The van der Waals surface area contributed by atoms with Crippen LogP contribution in [0.15, 0.2) is 24.3 Å². The molecule has 0 bridgehead atoms. The topological polar surface area (TPSA) is 46.2 Å². The molecule has 1 aliphatic carbocycles. The van der Waals surface area contributed by atoms with Gasteiger partial charge in [0.15, 0.2) is 0 Å². The highest BCUT2D eigenvalue weighted by Gasteiger charge is 2.53. The van der Waals surface area contributed by atoms with Gasteiger partial charge in [0.2, 0.25) is 0 Å². The first kappa shape index (κ1) is 15.5. The Bertz CT molecular complexity index is 464. The quantitative estimate of drug-likeness (QED) is 0.865. The van der Waals surface area contributed by atoms with E-state index in [4.69, 9.17) is 5.73 Å². The Labute approximate surface area is 121 Å². The highest BCUT2D eigenvalue weighted by molar-refractivity contribution is 5.28. The lowest BCUT2D eigenvalue weighted by atomic mass is 9.65. The van der Waals surface area contributed by atoms with E-state index in [-0.39, 0.29) is 5.82 Å². The van der Waals surface area contributed by atoms with Crippen molar-refractivity contribution in [2.45, 2.75) is 51.6 Å². The minimum atomic E-state index is -1.17. The molecule has 0 saturated heterocycles. The second-order valence-corrected chi connectivity index (χ2v) is 6.20. The van der Waals surface area contributed by atoms with Crippen molar-refractivity contribution in [3.63, 3.8) is 0 Å². The molecule has 3 N–H and O–H groups in total. The average Bonchev–Trinajstić information content (AvgIpc) is 2.92. The molecule has 0 amide bonds. The summed E-state index contributed by atoms with van der Waals surface area (Å²) in [5.41, 5.74) is 4.89. The number of rotatable bonds is 5. The summed E-state index contributed by atoms with van der Waals surface area (Å²) in [6, 6.07) is 6.57. The molecule has 2 nitrogen and oxygen atoms in total. The molecule has 1 saturated carbocycles. The molecule has 0 aliphatic heterocycles. The van der Waals surface area contributed by atoms with Crippen LogP contribution >= 0.6 is 0 Å². The molecule has 0 spiro atoms. The highest BCUT2D eigenvalue weighted by Crippen LogP contribution is 2.55. The Balaban J connectivity index is 2.46. The minimum absolute atomic E-state index is 0.329. The first-order valence-electron chi connectivity index (χ1n) is 7.70. The van der Waals surface area contributed by atoms with Crippen molar-refractivity contribution in [3.05, 3.63) is 35.6 Å².